The van der Waals surface area contributed by atoms with Gasteiger partial charge >= 0.3 is 6.03 Å². The van der Waals surface area contributed by atoms with Crippen molar-refractivity contribution in [3.05, 3.63) is 83.6 Å². The summed E-state index contributed by atoms with van der Waals surface area (Å²) in [7, 11) is 0. The number of hydrogen-bond acceptors (Lipinski definition) is 5. The van der Waals surface area contributed by atoms with E-state index in [0.717, 1.165) is 17.1 Å². The number of benzene rings is 2. The summed E-state index contributed by atoms with van der Waals surface area (Å²) in [6.45, 7) is 2.89. The van der Waals surface area contributed by atoms with E-state index in [1.54, 1.807) is 6.08 Å². The Morgan fingerprint density at radius 2 is 1.62 bits per heavy atom. The normalized spacial score (nSPS) is 19.1. The number of para-hydroxylation sites is 2. The monoisotopic (exact) mass is 459 g/mol. The zero-order valence-corrected chi connectivity index (χ0v) is 19.1. The molecule has 1 aliphatic heterocycles. The lowest BCUT2D eigenvalue weighted by Crippen LogP contribution is -2.46. The summed E-state index contributed by atoms with van der Waals surface area (Å²) in [5.41, 5.74) is 2.75. The number of carbonyl (C=O) groups is 3. The maximum Gasteiger partial charge on any atom is 0.314 e. The van der Waals surface area contributed by atoms with Crippen LogP contribution >= 0.6 is 0 Å². The van der Waals surface area contributed by atoms with E-state index in [-0.39, 0.29) is 17.8 Å². The van der Waals surface area contributed by atoms with Crippen LogP contribution in [-0.4, -0.2) is 36.5 Å². The molecule has 1 unspecified atom stereocenters. The molecule has 2 aliphatic rings. The SMILES string of the molecule is CCNC(=O)NCCCC1(Nc2ccccc2)CC2=C(C=C1Nc1ccccc1)C(=O)NC2=O. The topological polar surface area (TPSA) is 111 Å². The highest BCUT2D eigenvalue weighted by Crippen LogP contribution is 2.41. The zero-order valence-electron chi connectivity index (χ0n) is 19.1. The van der Waals surface area contributed by atoms with Gasteiger partial charge in [0.2, 0.25) is 0 Å². The van der Waals surface area contributed by atoms with Gasteiger partial charge in [0.05, 0.1) is 11.1 Å². The van der Waals surface area contributed by atoms with E-state index < -0.39 is 5.54 Å². The van der Waals surface area contributed by atoms with Crippen molar-refractivity contribution >= 4 is 29.2 Å². The molecule has 4 rings (SSSR count). The molecule has 0 radical (unpaired) electrons. The Kier molecular flexibility index (Phi) is 6.96. The summed E-state index contributed by atoms with van der Waals surface area (Å²) in [6.07, 6.45) is 3.38. The van der Waals surface area contributed by atoms with E-state index in [4.69, 9.17) is 0 Å². The minimum absolute atomic E-state index is 0.208. The number of amides is 4. The highest BCUT2D eigenvalue weighted by atomic mass is 16.2. The Morgan fingerprint density at radius 3 is 2.29 bits per heavy atom. The Labute approximate surface area is 198 Å². The van der Waals surface area contributed by atoms with Gasteiger partial charge in [-0.3, -0.25) is 14.9 Å². The minimum Gasteiger partial charge on any atom is -0.374 e. The van der Waals surface area contributed by atoms with Crippen LogP contribution in [0, 0.1) is 0 Å². The molecule has 1 atom stereocenters. The minimum atomic E-state index is -0.694. The largest absolute Gasteiger partial charge is 0.374 e. The van der Waals surface area contributed by atoms with Crippen LogP contribution in [0.4, 0.5) is 16.2 Å². The molecule has 1 heterocycles. The van der Waals surface area contributed by atoms with Crippen molar-refractivity contribution in [1.82, 2.24) is 16.0 Å². The van der Waals surface area contributed by atoms with Crippen molar-refractivity contribution in [1.29, 1.82) is 0 Å². The van der Waals surface area contributed by atoms with Crippen molar-refractivity contribution in [3.63, 3.8) is 0 Å². The van der Waals surface area contributed by atoms with Crippen LogP contribution in [0.25, 0.3) is 0 Å². The van der Waals surface area contributed by atoms with Crippen molar-refractivity contribution < 1.29 is 14.4 Å². The summed E-state index contributed by atoms with van der Waals surface area (Å²) in [5, 5.41) is 15.1. The quantitative estimate of drug-likeness (QED) is 0.292. The van der Waals surface area contributed by atoms with Gasteiger partial charge in [-0.2, -0.15) is 0 Å². The van der Waals surface area contributed by atoms with Gasteiger partial charge < -0.3 is 21.3 Å². The predicted octanol–water partition coefficient (Wildman–Crippen LogP) is 3.29. The van der Waals surface area contributed by atoms with Crippen LogP contribution < -0.4 is 26.6 Å². The number of carbonyl (C=O) groups excluding carboxylic acids is 3. The van der Waals surface area contributed by atoms with E-state index in [1.807, 2.05) is 67.6 Å². The van der Waals surface area contributed by atoms with Gasteiger partial charge in [0.25, 0.3) is 11.8 Å². The number of hydrogen-bond donors (Lipinski definition) is 5. The first-order chi connectivity index (χ1) is 16.5. The summed E-state index contributed by atoms with van der Waals surface area (Å²) < 4.78 is 0. The standard InChI is InChI=1S/C26H29N5O3/c1-2-27-25(34)28-15-9-14-26(31-19-12-7-4-8-13-19)17-21-20(23(32)30-24(21)33)16-22(26)29-18-10-5-3-6-11-18/h3-8,10-13,16,29,31H,2,9,14-15,17H2,1H3,(H2,27,28,34)(H,30,32,33). The maximum atomic E-state index is 12.6. The molecule has 176 valence electrons. The van der Waals surface area contributed by atoms with Gasteiger partial charge in [0.1, 0.15) is 0 Å². The number of anilines is 2. The lowest BCUT2D eigenvalue weighted by molar-refractivity contribution is -0.124. The lowest BCUT2D eigenvalue weighted by Gasteiger charge is -2.41. The van der Waals surface area contributed by atoms with Crippen LogP contribution in [0.1, 0.15) is 26.2 Å². The first-order valence-corrected chi connectivity index (χ1v) is 11.5. The first kappa shape index (κ1) is 23.1. The molecule has 4 amide bonds. The second-order valence-corrected chi connectivity index (χ2v) is 8.36. The summed E-state index contributed by atoms with van der Waals surface area (Å²) >= 11 is 0. The Balaban J connectivity index is 1.67. The van der Waals surface area contributed by atoms with Crippen LogP contribution in [0.2, 0.25) is 0 Å². The molecule has 0 fully saturated rings. The molecule has 5 N–H and O–H groups in total. The first-order valence-electron chi connectivity index (χ1n) is 11.5. The van der Waals surface area contributed by atoms with Crippen molar-refractivity contribution in [2.75, 3.05) is 23.7 Å². The zero-order chi connectivity index (χ0) is 24.0. The van der Waals surface area contributed by atoms with Crippen molar-refractivity contribution in [3.8, 4) is 0 Å². The van der Waals surface area contributed by atoms with Crippen LogP contribution in [-0.2, 0) is 9.59 Å². The maximum absolute atomic E-state index is 12.6. The number of nitrogens with one attached hydrogen (secondary N) is 5. The van der Waals surface area contributed by atoms with Crippen LogP contribution in [0.3, 0.4) is 0 Å². The predicted molar refractivity (Wildman–Crippen MR) is 132 cm³/mol. The third-order valence-electron chi connectivity index (χ3n) is 5.97. The highest BCUT2D eigenvalue weighted by Gasteiger charge is 2.44. The molecule has 0 spiro atoms. The van der Waals surface area contributed by atoms with E-state index in [1.165, 1.54) is 0 Å². The summed E-state index contributed by atoms with van der Waals surface area (Å²) in [6, 6.07) is 19.3. The molecule has 0 saturated carbocycles. The van der Waals surface area contributed by atoms with Gasteiger partial charge in [-0.25, -0.2) is 4.79 Å². The molecule has 0 aromatic heterocycles. The molecular weight excluding hydrogens is 430 g/mol. The smallest absolute Gasteiger partial charge is 0.314 e. The second-order valence-electron chi connectivity index (χ2n) is 8.36. The van der Waals surface area contributed by atoms with Crippen LogP contribution in [0.15, 0.2) is 83.6 Å². The Hall–Kier alpha value is -4.07. The Bertz CT molecular complexity index is 1130. The average molecular weight is 460 g/mol. The number of rotatable bonds is 9. The van der Waals surface area contributed by atoms with Crippen LogP contribution in [0.5, 0.6) is 0 Å². The van der Waals surface area contributed by atoms with Gasteiger partial charge in [0.15, 0.2) is 0 Å². The molecule has 0 saturated heterocycles. The van der Waals surface area contributed by atoms with Crippen molar-refractivity contribution in [2.45, 2.75) is 31.7 Å². The van der Waals surface area contributed by atoms with E-state index in [2.05, 4.69) is 26.6 Å². The fourth-order valence-electron chi connectivity index (χ4n) is 4.36. The fourth-order valence-corrected chi connectivity index (χ4v) is 4.36. The number of imide groups is 1. The third kappa shape index (κ3) is 5.11. The van der Waals surface area contributed by atoms with Gasteiger partial charge in [-0.05, 0) is 50.1 Å². The van der Waals surface area contributed by atoms with Gasteiger partial charge in [0, 0.05) is 42.2 Å². The Morgan fingerprint density at radius 1 is 0.941 bits per heavy atom. The number of urea groups is 1. The third-order valence-corrected chi connectivity index (χ3v) is 5.97. The van der Waals surface area contributed by atoms with E-state index >= 15 is 0 Å². The molecule has 2 aromatic rings. The lowest BCUT2D eigenvalue weighted by atomic mass is 9.77. The van der Waals surface area contributed by atoms with Gasteiger partial charge in [-0.15, -0.1) is 0 Å². The van der Waals surface area contributed by atoms with E-state index in [0.29, 0.717) is 43.5 Å². The summed E-state index contributed by atoms with van der Waals surface area (Å²) in [4.78, 5) is 36.9. The molecule has 8 heteroatoms. The highest BCUT2D eigenvalue weighted by molar-refractivity contribution is 6.21. The molecule has 8 nitrogen and oxygen atoms in total. The van der Waals surface area contributed by atoms with E-state index in [9.17, 15) is 14.4 Å². The van der Waals surface area contributed by atoms with Gasteiger partial charge in [-0.1, -0.05) is 36.4 Å². The molecule has 1 aliphatic carbocycles. The average Bonchev–Trinajstić information content (AvgIpc) is 3.10. The molecule has 0 bridgehead atoms. The molecule has 2 aromatic carbocycles. The molecule has 34 heavy (non-hydrogen) atoms. The molecular formula is C26H29N5O3. The summed E-state index contributed by atoms with van der Waals surface area (Å²) in [5.74, 6) is -0.728. The second kappa shape index (κ2) is 10.2. The fraction of sp³-hybridized carbons (Fsp3) is 0.269. The van der Waals surface area contributed by atoms with Crippen molar-refractivity contribution in [2.24, 2.45) is 0 Å².